The first-order valence-corrected chi connectivity index (χ1v) is 2.36. The summed E-state index contributed by atoms with van der Waals surface area (Å²) in [5, 5.41) is 0. The Morgan fingerprint density at radius 3 is 2.33 bits per heavy atom. The van der Waals surface area contributed by atoms with Crippen molar-refractivity contribution in [2.75, 3.05) is 0 Å². The first-order chi connectivity index (χ1) is 3.77. The normalized spacial score (nSPS) is 9.89. The van der Waals surface area contributed by atoms with Crippen molar-refractivity contribution >= 4 is 15.8 Å². The predicted octanol–water partition coefficient (Wildman–Crippen LogP) is 0.662. The lowest BCUT2D eigenvalue weighted by molar-refractivity contribution is -0.113. The molecule has 0 aliphatic carbocycles. The minimum Gasteiger partial charge on any atom is -0.366 e. The van der Waals surface area contributed by atoms with Crippen LogP contribution in [0.2, 0.25) is 0 Å². The summed E-state index contributed by atoms with van der Waals surface area (Å²) in [6.07, 6.45) is 6.46. The lowest BCUT2D eigenvalue weighted by Crippen LogP contribution is -2.04. The van der Waals surface area contributed by atoms with Crippen LogP contribution < -0.4 is 5.73 Å². The van der Waals surface area contributed by atoms with Gasteiger partial charge in [0, 0.05) is 6.08 Å². The summed E-state index contributed by atoms with van der Waals surface area (Å²) in [7, 11) is 0. The van der Waals surface area contributed by atoms with Crippen LogP contribution >= 0.6 is 9.90 Å². The van der Waals surface area contributed by atoms with Crippen LogP contribution in [0, 0.1) is 0 Å². The minimum atomic E-state index is -0.414. The van der Waals surface area contributed by atoms with Gasteiger partial charge in [-0.3, -0.25) is 4.79 Å². The van der Waals surface area contributed by atoms with Gasteiger partial charge in [-0.25, -0.2) is 0 Å². The van der Waals surface area contributed by atoms with Gasteiger partial charge in [-0.2, -0.15) is 9.90 Å². The topological polar surface area (TPSA) is 43.1 Å². The van der Waals surface area contributed by atoms with Crippen LogP contribution in [0.1, 0.15) is 6.92 Å². The molecule has 0 aromatic carbocycles. The van der Waals surface area contributed by atoms with Crippen LogP contribution in [0.3, 0.4) is 0 Å². The molecule has 0 saturated heterocycles. The second-order valence-corrected chi connectivity index (χ2v) is 1.29. The minimum absolute atomic E-state index is 0. The van der Waals surface area contributed by atoms with Gasteiger partial charge in [-0.1, -0.05) is 18.2 Å². The monoisotopic (exact) mass is 145 g/mol. The summed E-state index contributed by atoms with van der Waals surface area (Å²) >= 11 is 0. The lowest BCUT2D eigenvalue weighted by Gasteiger charge is -1.73. The molecule has 0 fully saturated rings. The molecular formula is C6H12NOP. The van der Waals surface area contributed by atoms with Gasteiger partial charge in [-0.05, 0) is 6.92 Å². The van der Waals surface area contributed by atoms with Gasteiger partial charge in [0.15, 0.2) is 0 Å². The molecule has 1 atom stereocenters. The van der Waals surface area contributed by atoms with Gasteiger partial charge in [0.1, 0.15) is 0 Å². The van der Waals surface area contributed by atoms with Gasteiger partial charge in [0.25, 0.3) is 0 Å². The summed E-state index contributed by atoms with van der Waals surface area (Å²) < 4.78 is 0. The van der Waals surface area contributed by atoms with Gasteiger partial charge in [0.05, 0.1) is 0 Å². The molecule has 1 amide bonds. The molecule has 0 spiro atoms. The summed E-state index contributed by atoms with van der Waals surface area (Å²) in [5.74, 6) is -0.414. The third-order valence-electron chi connectivity index (χ3n) is 0.564. The molecular weight excluding hydrogens is 133 g/mol. The van der Waals surface area contributed by atoms with Gasteiger partial charge >= 0.3 is 0 Å². The second kappa shape index (κ2) is 7.38. The Kier molecular flexibility index (Phi) is 9.19. The third kappa shape index (κ3) is 11.1. The fraction of sp³-hybridized carbons (Fsp3) is 0.167. The van der Waals surface area contributed by atoms with E-state index in [0.717, 1.165) is 0 Å². The van der Waals surface area contributed by atoms with E-state index in [4.69, 9.17) is 5.73 Å². The van der Waals surface area contributed by atoms with E-state index in [-0.39, 0.29) is 9.90 Å². The van der Waals surface area contributed by atoms with Gasteiger partial charge in [0.2, 0.25) is 5.91 Å². The summed E-state index contributed by atoms with van der Waals surface area (Å²) in [5.41, 5.74) is 4.77. The third-order valence-corrected chi connectivity index (χ3v) is 0.564. The number of primary amides is 1. The van der Waals surface area contributed by atoms with Crippen LogP contribution in [-0.4, -0.2) is 5.91 Å². The molecule has 9 heavy (non-hydrogen) atoms. The van der Waals surface area contributed by atoms with Crippen molar-refractivity contribution < 1.29 is 4.79 Å². The maximum atomic E-state index is 9.98. The number of carbonyl (C=O) groups is 1. The molecule has 52 valence electrons. The lowest BCUT2D eigenvalue weighted by atomic mass is 10.4. The first-order valence-electron chi connectivity index (χ1n) is 2.36. The van der Waals surface area contributed by atoms with Crippen molar-refractivity contribution in [1.29, 1.82) is 0 Å². The van der Waals surface area contributed by atoms with Crippen LogP contribution in [0.25, 0.3) is 0 Å². The zero-order valence-corrected chi connectivity index (χ0v) is 6.92. The fourth-order valence-corrected chi connectivity index (χ4v) is 0.262. The smallest absolute Gasteiger partial charge is 0.241 e. The molecule has 0 aliphatic rings. The van der Waals surface area contributed by atoms with Crippen LogP contribution in [-0.2, 0) is 4.79 Å². The van der Waals surface area contributed by atoms with Gasteiger partial charge < -0.3 is 5.73 Å². The zero-order valence-electron chi connectivity index (χ0n) is 5.50. The van der Waals surface area contributed by atoms with E-state index in [9.17, 15) is 4.79 Å². The van der Waals surface area contributed by atoms with E-state index in [2.05, 4.69) is 0 Å². The van der Waals surface area contributed by atoms with Crippen molar-refractivity contribution in [3.63, 3.8) is 0 Å². The number of rotatable bonds is 2. The maximum Gasteiger partial charge on any atom is 0.241 e. The molecule has 0 aromatic rings. The molecule has 0 bridgehead atoms. The molecule has 0 radical (unpaired) electrons. The Hall–Kier alpha value is -0.620. The highest BCUT2D eigenvalue weighted by Gasteiger charge is 1.75. The Balaban J connectivity index is 0. The predicted molar refractivity (Wildman–Crippen MR) is 44.3 cm³/mol. The number of carbonyl (C=O) groups excluding carboxylic acids is 1. The number of nitrogens with two attached hydrogens (primary N) is 1. The highest BCUT2D eigenvalue weighted by Crippen LogP contribution is 1.73. The summed E-state index contributed by atoms with van der Waals surface area (Å²) in [6.45, 7) is 1.87. The van der Waals surface area contributed by atoms with E-state index >= 15 is 0 Å². The van der Waals surface area contributed by atoms with E-state index < -0.39 is 5.91 Å². The van der Waals surface area contributed by atoms with Crippen molar-refractivity contribution in [2.24, 2.45) is 5.73 Å². The Labute approximate surface area is 58.4 Å². The van der Waals surface area contributed by atoms with Crippen LogP contribution in [0.15, 0.2) is 24.3 Å². The molecule has 0 heterocycles. The molecule has 2 N–H and O–H groups in total. The largest absolute Gasteiger partial charge is 0.366 e. The van der Waals surface area contributed by atoms with Crippen molar-refractivity contribution in [2.45, 2.75) is 6.92 Å². The quantitative estimate of drug-likeness (QED) is 0.346. The average Bonchev–Trinajstić information content (AvgIpc) is 1.66. The standard InChI is InChI=1S/C6H9NO.H3P/c1-2-3-4-5-6(7)8;/h2-5H,1H3,(H2,7,8);1H3/b3-2+,5-4+;. The Morgan fingerprint density at radius 1 is 1.44 bits per heavy atom. The molecule has 0 saturated carbocycles. The van der Waals surface area contributed by atoms with Crippen molar-refractivity contribution in [1.82, 2.24) is 0 Å². The van der Waals surface area contributed by atoms with E-state index in [1.54, 1.807) is 12.2 Å². The van der Waals surface area contributed by atoms with E-state index in [1.807, 2.05) is 13.0 Å². The molecule has 0 aromatic heterocycles. The van der Waals surface area contributed by atoms with Gasteiger partial charge in [-0.15, -0.1) is 0 Å². The van der Waals surface area contributed by atoms with Crippen molar-refractivity contribution in [3.8, 4) is 0 Å². The highest BCUT2D eigenvalue weighted by atomic mass is 31.0. The second-order valence-electron chi connectivity index (χ2n) is 1.29. The Morgan fingerprint density at radius 2 is 2.00 bits per heavy atom. The number of amides is 1. The van der Waals surface area contributed by atoms with Crippen molar-refractivity contribution in [3.05, 3.63) is 24.3 Å². The van der Waals surface area contributed by atoms with Crippen LogP contribution in [0.5, 0.6) is 0 Å². The number of hydrogen-bond donors (Lipinski definition) is 1. The Bertz CT molecular complexity index is 129. The van der Waals surface area contributed by atoms with E-state index in [1.165, 1.54) is 6.08 Å². The molecule has 2 nitrogen and oxygen atoms in total. The molecule has 0 rings (SSSR count). The number of hydrogen-bond acceptors (Lipinski definition) is 1. The van der Waals surface area contributed by atoms with Crippen LogP contribution in [0.4, 0.5) is 0 Å². The summed E-state index contributed by atoms with van der Waals surface area (Å²) in [6, 6.07) is 0. The molecule has 1 unspecified atom stereocenters. The summed E-state index contributed by atoms with van der Waals surface area (Å²) in [4.78, 5) is 9.98. The number of allylic oxidation sites excluding steroid dienone is 3. The SMILES string of the molecule is C/C=C/C=C/C(N)=O.P. The highest BCUT2D eigenvalue weighted by molar-refractivity contribution is 6.92. The average molecular weight is 145 g/mol. The maximum absolute atomic E-state index is 9.98. The molecule has 0 aliphatic heterocycles. The fourth-order valence-electron chi connectivity index (χ4n) is 0.262. The van der Waals surface area contributed by atoms with E-state index in [0.29, 0.717) is 0 Å². The zero-order chi connectivity index (χ0) is 6.41. The molecule has 3 heteroatoms. The first kappa shape index (κ1) is 11.2.